The Morgan fingerprint density at radius 1 is 1.20 bits per heavy atom. The van der Waals surface area contributed by atoms with Gasteiger partial charge in [-0.2, -0.15) is 0 Å². The van der Waals surface area contributed by atoms with Gasteiger partial charge < -0.3 is 5.32 Å². The molecule has 3 rings (SSSR count). The van der Waals surface area contributed by atoms with Crippen LogP contribution in [0.15, 0.2) is 24.3 Å². The Hall–Kier alpha value is -0.860. The van der Waals surface area contributed by atoms with Gasteiger partial charge in [-0.25, -0.2) is 0 Å². The van der Waals surface area contributed by atoms with Crippen molar-refractivity contribution >= 4 is 0 Å². The van der Waals surface area contributed by atoms with Crippen LogP contribution in [0, 0.1) is 0 Å². The molecule has 0 radical (unpaired) electrons. The van der Waals surface area contributed by atoms with Gasteiger partial charge in [0.15, 0.2) is 0 Å². The van der Waals surface area contributed by atoms with Gasteiger partial charge >= 0.3 is 0 Å². The molecule has 1 aromatic rings. The lowest BCUT2D eigenvalue weighted by Gasteiger charge is -2.37. The Morgan fingerprint density at radius 3 is 2.90 bits per heavy atom. The first-order valence-electron chi connectivity index (χ1n) is 8.43. The third kappa shape index (κ3) is 3.07. The monoisotopic (exact) mass is 272 g/mol. The van der Waals surface area contributed by atoms with E-state index in [-0.39, 0.29) is 0 Å². The van der Waals surface area contributed by atoms with Gasteiger partial charge in [-0.3, -0.25) is 4.90 Å². The molecule has 2 unspecified atom stereocenters. The minimum atomic E-state index is 0.655. The van der Waals surface area contributed by atoms with Crippen molar-refractivity contribution in [1.82, 2.24) is 10.2 Å². The van der Waals surface area contributed by atoms with E-state index in [0.29, 0.717) is 6.04 Å². The normalized spacial score (nSPS) is 25.9. The minimum absolute atomic E-state index is 0.655. The highest BCUT2D eigenvalue weighted by atomic mass is 15.2. The highest BCUT2D eigenvalue weighted by molar-refractivity contribution is 5.32. The second-order valence-corrected chi connectivity index (χ2v) is 6.40. The molecule has 110 valence electrons. The third-order valence-corrected chi connectivity index (χ3v) is 4.91. The second-order valence-electron chi connectivity index (χ2n) is 6.40. The van der Waals surface area contributed by atoms with Crippen LogP contribution in [0.2, 0.25) is 0 Å². The van der Waals surface area contributed by atoms with Crippen molar-refractivity contribution in [3.63, 3.8) is 0 Å². The Kier molecular flexibility index (Phi) is 4.74. The van der Waals surface area contributed by atoms with E-state index in [9.17, 15) is 0 Å². The van der Waals surface area contributed by atoms with E-state index in [1.165, 1.54) is 58.2 Å². The fourth-order valence-electron chi connectivity index (χ4n) is 3.96. The molecule has 1 aliphatic heterocycles. The van der Waals surface area contributed by atoms with Gasteiger partial charge in [-0.15, -0.1) is 0 Å². The summed E-state index contributed by atoms with van der Waals surface area (Å²) in [5.74, 6) is 0. The van der Waals surface area contributed by atoms with Crippen molar-refractivity contribution in [1.29, 1.82) is 0 Å². The van der Waals surface area contributed by atoms with Crippen molar-refractivity contribution in [3.8, 4) is 0 Å². The number of aryl methyl sites for hydroxylation is 1. The molecule has 20 heavy (non-hydrogen) atoms. The molecule has 1 heterocycles. The van der Waals surface area contributed by atoms with Crippen molar-refractivity contribution in [2.45, 2.75) is 57.5 Å². The maximum absolute atomic E-state index is 3.67. The van der Waals surface area contributed by atoms with Crippen molar-refractivity contribution in [2.75, 3.05) is 19.6 Å². The van der Waals surface area contributed by atoms with E-state index in [4.69, 9.17) is 0 Å². The highest BCUT2D eigenvalue weighted by Gasteiger charge is 2.27. The summed E-state index contributed by atoms with van der Waals surface area (Å²) in [5, 5.41) is 3.67. The molecule has 0 saturated carbocycles. The molecule has 2 nitrogen and oxygen atoms in total. The first kappa shape index (κ1) is 14.1. The van der Waals surface area contributed by atoms with E-state index in [0.717, 1.165) is 6.04 Å². The van der Waals surface area contributed by atoms with Crippen LogP contribution >= 0.6 is 0 Å². The summed E-state index contributed by atoms with van der Waals surface area (Å²) < 4.78 is 0. The van der Waals surface area contributed by atoms with Crippen LogP contribution in [-0.4, -0.2) is 30.6 Å². The van der Waals surface area contributed by atoms with Gasteiger partial charge in [-0.1, -0.05) is 31.2 Å². The Bertz CT molecular complexity index is 423. The van der Waals surface area contributed by atoms with E-state index in [1.54, 1.807) is 11.1 Å². The SMILES string of the molecule is CCCN(CC1CCCN1)C1CCCc2ccccc21. The standard InChI is InChI=1S/C18H28N2/c1-2-13-20(14-16-9-6-12-19-16)18-11-5-8-15-7-3-4-10-17(15)18/h3-4,7,10,16,18-19H,2,5-6,8-9,11-14H2,1H3. The summed E-state index contributed by atoms with van der Waals surface area (Å²) in [4.78, 5) is 2.75. The molecular weight excluding hydrogens is 244 g/mol. The van der Waals surface area contributed by atoms with Crippen molar-refractivity contribution in [3.05, 3.63) is 35.4 Å². The van der Waals surface area contributed by atoms with E-state index < -0.39 is 0 Å². The average molecular weight is 272 g/mol. The molecule has 0 aromatic heterocycles. The number of benzene rings is 1. The van der Waals surface area contributed by atoms with Gasteiger partial charge in [0.25, 0.3) is 0 Å². The predicted octanol–water partition coefficient (Wildman–Crippen LogP) is 3.53. The largest absolute Gasteiger partial charge is 0.313 e. The Morgan fingerprint density at radius 2 is 2.10 bits per heavy atom. The predicted molar refractivity (Wildman–Crippen MR) is 85.0 cm³/mol. The van der Waals surface area contributed by atoms with Crippen molar-refractivity contribution in [2.24, 2.45) is 0 Å². The summed E-state index contributed by atoms with van der Waals surface area (Å²) in [7, 11) is 0. The van der Waals surface area contributed by atoms with Gasteiger partial charge in [-0.05, 0) is 62.7 Å². The maximum Gasteiger partial charge on any atom is 0.0351 e. The lowest BCUT2D eigenvalue weighted by Crippen LogP contribution is -2.41. The summed E-state index contributed by atoms with van der Waals surface area (Å²) in [5.41, 5.74) is 3.19. The van der Waals surface area contributed by atoms with E-state index in [2.05, 4.69) is 41.4 Å². The topological polar surface area (TPSA) is 15.3 Å². The molecule has 1 fully saturated rings. The van der Waals surface area contributed by atoms with Gasteiger partial charge in [0, 0.05) is 18.6 Å². The zero-order valence-electron chi connectivity index (χ0n) is 12.8. The van der Waals surface area contributed by atoms with E-state index >= 15 is 0 Å². The summed E-state index contributed by atoms with van der Waals surface area (Å²) in [6.45, 7) is 5.99. The maximum atomic E-state index is 3.67. The highest BCUT2D eigenvalue weighted by Crippen LogP contribution is 2.34. The van der Waals surface area contributed by atoms with Crippen LogP contribution in [0.4, 0.5) is 0 Å². The number of nitrogens with zero attached hydrogens (tertiary/aromatic N) is 1. The lowest BCUT2D eigenvalue weighted by molar-refractivity contribution is 0.164. The zero-order chi connectivity index (χ0) is 13.8. The first-order chi connectivity index (χ1) is 9.88. The molecule has 0 spiro atoms. The molecule has 1 aliphatic carbocycles. The lowest BCUT2D eigenvalue weighted by atomic mass is 9.86. The third-order valence-electron chi connectivity index (χ3n) is 4.91. The van der Waals surface area contributed by atoms with Gasteiger partial charge in [0.1, 0.15) is 0 Å². The van der Waals surface area contributed by atoms with Crippen LogP contribution in [0.25, 0.3) is 0 Å². The summed E-state index contributed by atoms with van der Waals surface area (Å²) >= 11 is 0. The van der Waals surface area contributed by atoms with Crippen LogP contribution in [0.1, 0.15) is 56.2 Å². The van der Waals surface area contributed by atoms with Crippen LogP contribution in [-0.2, 0) is 6.42 Å². The number of rotatable bonds is 5. The molecule has 2 atom stereocenters. The van der Waals surface area contributed by atoms with Gasteiger partial charge in [0.2, 0.25) is 0 Å². The fourth-order valence-corrected chi connectivity index (χ4v) is 3.96. The van der Waals surface area contributed by atoms with Crippen molar-refractivity contribution < 1.29 is 0 Å². The molecular formula is C18H28N2. The molecule has 0 bridgehead atoms. The van der Waals surface area contributed by atoms with Crippen LogP contribution in [0.5, 0.6) is 0 Å². The summed E-state index contributed by atoms with van der Waals surface area (Å²) in [6, 6.07) is 10.5. The zero-order valence-corrected chi connectivity index (χ0v) is 12.8. The van der Waals surface area contributed by atoms with Gasteiger partial charge in [0.05, 0.1) is 0 Å². The number of hydrogen-bond acceptors (Lipinski definition) is 2. The van der Waals surface area contributed by atoms with Crippen LogP contribution < -0.4 is 5.32 Å². The Balaban J connectivity index is 1.76. The minimum Gasteiger partial charge on any atom is -0.313 e. The quantitative estimate of drug-likeness (QED) is 0.882. The second kappa shape index (κ2) is 6.73. The average Bonchev–Trinajstić information content (AvgIpc) is 2.99. The summed E-state index contributed by atoms with van der Waals surface area (Å²) in [6.07, 6.45) is 7.92. The van der Waals surface area contributed by atoms with Crippen LogP contribution in [0.3, 0.4) is 0 Å². The van der Waals surface area contributed by atoms with E-state index in [1.807, 2.05) is 0 Å². The Labute approximate surface area is 123 Å². The molecule has 1 N–H and O–H groups in total. The first-order valence-corrected chi connectivity index (χ1v) is 8.43. The molecule has 1 saturated heterocycles. The molecule has 2 aliphatic rings. The number of fused-ring (bicyclic) bond motifs is 1. The number of hydrogen-bond donors (Lipinski definition) is 1. The smallest absolute Gasteiger partial charge is 0.0351 e. The molecule has 1 aromatic carbocycles. The fraction of sp³-hybridized carbons (Fsp3) is 0.667. The molecule has 2 heteroatoms. The molecule has 0 amide bonds. The number of nitrogens with one attached hydrogen (secondary N) is 1.